The molecule has 0 spiro atoms. The first-order valence-electron chi connectivity index (χ1n) is 9.19. The minimum absolute atomic E-state index is 0.00346. The van der Waals surface area contributed by atoms with Gasteiger partial charge in [0.25, 0.3) is 0 Å². The Bertz CT molecular complexity index is 801. The van der Waals surface area contributed by atoms with Crippen molar-refractivity contribution in [1.29, 1.82) is 0 Å². The Balaban J connectivity index is 1.66. The van der Waals surface area contributed by atoms with Gasteiger partial charge in [-0.15, -0.1) is 0 Å². The number of carbonyl (C=O) groups is 2. The summed E-state index contributed by atoms with van der Waals surface area (Å²) in [6.45, 7) is 7.03. The van der Waals surface area contributed by atoms with Gasteiger partial charge >= 0.3 is 0 Å². The Morgan fingerprint density at radius 2 is 1.81 bits per heavy atom. The van der Waals surface area contributed by atoms with E-state index < -0.39 is 6.04 Å². The average Bonchev–Trinajstić information content (AvgIpc) is 2.63. The lowest BCUT2D eigenvalue weighted by molar-refractivity contribution is -0.140. The van der Waals surface area contributed by atoms with Crippen LogP contribution >= 0.6 is 0 Å². The molecule has 1 heterocycles. The van der Waals surface area contributed by atoms with E-state index in [-0.39, 0.29) is 11.8 Å². The lowest BCUT2D eigenvalue weighted by Crippen LogP contribution is -2.58. The number of hydrogen-bond donors (Lipinski definition) is 0. The zero-order valence-corrected chi connectivity index (χ0v) is 15.7. The van der Waals surface area contributed by atoms with Gasteiger partial charge in [0, 0.05) is 25.2 Å². The van der Waals surface area contributed by atoms with Gasteiger partial charge in [-0.1, -0.05) is 48.0 Å². The lowest BCUT2D eigenvalue weighted by Gasteiger charge is -2.39. The van der Waals surface area contributed by atoms with E-state index in [1.165, 1.54) is 5.56 Å². The highest BCUT2D eigenvalue weighted by Crippen LogP contribution is 2.25. The van der Waals surface area contributed by atoms with E-state index in [9.17, 15) is 9.59 Å². The Morgan fingerprint density at radius 3 is 2.50 bits per heavy atom. The molecule has 0 unspecified atom stereocenters. The molecule has 1 saturated heterocycles. The first-order chi connectivity index (χ1) is 12.5. The van der Waals surface area contributed by atoms with Crippen molar-refractivity contribution in [2.75, 3.05) is 18.0 Å². The largest absolute Gasteiger partial charge is 0.329 e. The highest BCUT2D eigenvalue weighted by Gasteiger charge is 2.35. The summed E-state index contributed by atoms with van der Waals surface area (Å²) in [6, 6.07) is 15.7. The van der Waals surface area contributed by atoms with Gasteiger partial charge in [0.15, 0.2) is 0 Å². The highest BCUT2D eigenvalue weighted by atomic mass is 16.2. The fourth-order valence-electron chi connectivity index (χ4n) is 3.60. The molecule has 4 nitrogen and oxygen atoms in total. The number of hydrogen-bond acceptors (Lipinski definition) is 2. The van der Waals surface area contributed by atoms with Crippen LogP contribution in [0.2, 0.25) is 0 Å². The molecule has 4 heteroatoms. The van der Waals surface area contributed by atoms with Gasteiger partial charge in [-0.05, 0) is 44.4 Å². The third-order valence-corrected chi connectivity index (χ3v) is 5.09. The van der Waals surface area contributed by atoms with Gasteiger partial charge in [-0.2, -0.15) is 0 Å². The van der Waals surface area contributed by atoms with Crippen molar-refractivity contribution in [3.05, 3.63) is 65.2 Å². The van der Waals surface area contributed by atoms with Gasteiger partial charge < -0.3 is 9.80 Å². The Hall–Kier alpha value is -2.62. The third-order valence-electron chi connectivity index (χ3n) is 5.09. The molecule has 2 amide bonds. The fraction of sp³-hybridized carbons (Fsp3) is 0.364. The predicted octanol–water partition coefficient (Wildman–Crippen LogP) is 3.50. The number of amides is 2. The topological polar surface area (TPSA) is 40.6 Å². The summed E-state index contributed by atoms with van der Waals surface area (Å²) < 4.78 is 0. The molecule has 0 aliphatic carbocycles. The number of aryl methyl sites for hydroxylation is 3. The van der Waals surface area contributed by atoms with Crippen molar-refractivity contribution in [2.24, 2.45) is 0 Å². The maximum Gasteiger partial charge on any atom is 0.249 e. The number of carbonyl (C=O) groups excluding carboxylic acids is 2. The van der Waals surface area contributed by atoms with Crippen LogP contribution in [0, 0.1) is 13.8 Å². The van der Waals surface area contributed by atoms with E-state index in [1.807, 2.05) is 68.1 Å². The Labute approximate surface area is 155 Å². The maximum atomic E-state index is 12.9. The summed E-state index contributed by atoms with van der Waals surface area (Å²) in [5, 5.41) is 0. The molecule has 1 aliphatic rings. The standard InChI is InChI=1S/C22H26N2O2/c1-16-9-11-20(17(2)15-16)24-14-13-23(18(3)22(24)26)21(25)12-10-19-7-5-4-6-8-19/h4-9,11,15,18H,10,12-14H2,1-3H3/t18-/m0/s1. The average molecular weight is 350 g/mol. The molecule has 0 N–H and O–H groups in total. The molecule has 0 bridgehead atoms. The first-order valence-corrected chi connectivity index (χ1v) is 9.19. The van der Waals surface area contributed by atoms with Crippen LogP contribution in [-0.2, 0) is 16.0 Å². The summed E-state index contributed by atoms with van der Waals surface area (Å²) in [6.07, 6.45) is 1.14. The van der Waals surface area contributed by atoms with E-state index in [0.717, 1.165) is 16.8 Å². The second kappa shape index (κ2) is 7.73. The second-order valence-corrected chi connectivity index (χ2v) is 7.03. The lowest BCUT2D eigenvalue weighted by atomic mass is 10.1. The molecule has 1 atom stereocenters. The summed E-state index contributed by atoms with van der Waals surface area (Å²) in [5.74, 6) is 0.0474. The third kappa shape index (κ3) is 3.79. The highest BCUT2D eigenvalue weighted by molar-refractivity contribution is 6.00. The van der Waals surface area contributed by atoms with Crippen LogP contribution < -0.4 is 4.90 Å². The quantitative estimate of drug-likeness (QED) is 0.847. The molecule has 136 valence electrons. The maximum absolute atomic E-state index is 12.9. The number of nitrogens with zero attached hydrogens (tertiary/aromatic N) is 2. The van der Waals surface area contributed by atoms with E-state index in [0.29, 0.717) is 25.9 Å². The van der Waals surface area contributed by atoms with Crippen LogP contribution in [0.3, 0.4) is 0 Å². The Kier molecular flexibility index (Phi) is 5.40. The van der Waals surface area contributed by atoms with Crippen LogP contribution in [-0.4, -0.2) is 35.8 Å². The van der Waals surface area contributed by atoms with Crippen molar-refractivity contribution in [2.45, 2.75) is 39.7 Å². The van der Waals surface area contributed by atoms with Gasteiger partial charge in [-0.25, -0.2) is 0 Å². The van der Waals surface area contributed by atoms with E-state index in [2.05, 4.69) is 6.07 Å². The molecule has 2 aromatic carbocycles. The summed E-state index contributed by atoms with van der Waals surface area (Å²) in [4.78, 5) is 29.1. The Morgan fingerprint density at radius 1 is 1.08 bits per heavy atom. The SMILES string of the molecule is Cc1ccc(N2CCN(C(=O)CCc3ccccc3)[C@@H](C)C2=O)c(C)c1. The first kappa shape index (κ1) is 18.2. The van der Waals surface area contributed by atoms with Crippen molar-refractivity contribution >= 4 is 17.5 Å². The number of piperazine rings is 1. The van der Waals surface area contributed by atoms with E-state index in [4.69, 9.17) is 0 Å². The van der Waals surface area contributed by atoms with Gasteiger partial charge in [0.2, 0.25) is 11.8 Å². The monoisotopic (exact) mass is 350 g/mol. The minimum Gasteiger partial charge on any atom is -0.329 e. The summed E-state index contributed by atoms with van der Waals surface area (Å²) in [5.41, 5.74) is 4.37. The molecule has 2 aromatic rings. The molecule has 0 radical (unpaired) electrons. The van der Waals surface area contributed by atoms with Crippen molar-refractivity contribution in [3.63, 3.8) is 0 Å². The molecular weight excluding hydrogens is 324 g/mol. The molecule has 0 aromatic heterocycles. The molecule has 0 saturated carbocycles. The van der Waals surface area contributed by atoms with Crippen molar-refractivity contribution in [3.8, 4) is 0 Å². The van der Waals surface area contributed by atoms with Crippen LogP contribution in [0.5, 0.6) is 0 Å². The van der Waals surface area contributed by atoms with Crippen LogP contribution in [0.15, 0.2) is 48.5 Å². The predicted molar refractivity (Wildman–Crippen MR) is 104 cm³/mol. The van der Waals surface area contributed by atoms with Crippen molar-refractivity contribution in [1.82, 2.24) is 4.90 Å². The number of rotatable bonds is 4. The molecular formula is C22H26N2O2. The van der Waals surface area contributed by atoms with Gasteiger partial charge in [0.05, 0.1) is 0 Å². The zero-order chi connectivity index (χ0) is 18.7. The fourth-order valence-corrected chi connectivity index (χ4v) is 3.60. The van der Waals surface area contributed by atoms with Gasteiger partial charge in [-0.3, -0.25) is 9.59 Å². The smallest absolute Gasteiger partial charge is 0.249 e. The second-order valence-electron chi connectivity index (χ2n) is 7.03. The normalized spacial score (nSPS) is 17.5. The molecule has 3 rings (SSSR count). The molecule has 26 heavy (non-hydrogen) atoms. The summed E-state index contributed by atoms with van der Waals surface area (Å²) in [7, 11) is 0. The minimum atomic E-state index is -0.423. The van der Waals surface area contributed by atoms with Crippen LogP contribution in [0.1, 0.15) is 30.0 Å². The van der Waals surface area contributed by atoms with E-state index >= 15 is 0 Å². The molecule has 1 fully saturated rings. The van der Waals surface area contributed by atoms with E-state index in [1.54, 1.807) is 4.90 Å². The molecule has 1 aliphatic heterocycles. The van der Waals surface area contributed by atoms with Crippen molar-refractivity contribution < 1.29 is 9.59 Å². The number of anilines is 1. The van der Waals surface area contributed by atoms with Crippen LogP contribution in [0.25, 0.3) is 0 Å². The van der Waals surface area contributed by atoms with Gasteiger partial charge in [0.1, 0.15) is 6.04 Å². The zero-order valence-electron chi connectivity index (χ0n) is 15.7. The number of benzene rings is 2. The summed E-state index contributed by atoms with van der Waals surface area (Å²) >= 11 is 0. The van der Waals surface area contributed by atoms with Crippen LogP contribution in [0.4, 0.5) is 5.69 Å².